The Kier molecular flexibility index (Phi) is 4.70. The minimum absolute atomic E-state index is 0.211. The van der Waals surface area contributed by atoms with Crippen LogP contribution in [0.25, 0.3) is 0 Å². The van der Waals surface area contributed by atoms with Gasteiger partial charge in [0.05, 0.1) is 12.2 Å². The molecule has 0 unspecified atom stereocenters. The van der Waals surface area contributed by atoms with Crippen LogP contribution in [0.2, 0.25) is 0 Å². The zero-order valence-corrected chi connectivity index (χ0v) is 16.8. The van der Waals surface area contributed by atoms with Gasteiger partial charge in [-0.1, -0.05) is 48.5 Å². The molecule has 1 N–H and O–H groups in total. The molecular formula is C23H24N4O2. The summed E-state index contributed by atoms with van der Waals surface area (Å²) in [4.78, 5) is 28.5. The van der Waals surface area contributed by atoms with E-state index in [2.05, 4.69) is 10.4 Å². The van der Waals surface area contributed by atoms with Crippen LogP contribution in [0.3, 0.4) is 0 Å². The van der Waals surface area contributed by atoms with Crippen molar-refractivity contribution in [2.24, 2.45) is 0 Å². The first-order chi connectivity index (χ1) is 13.9. The number of nitrogens with one attached hydrogen (secondary N) is 1. The SMILES string of the molecule is Cc1cc2n(n1)C[C@@](C)(C(=O)NCc1ccccc1)N(c1ccccc1C)C2=O. The number of amides is 2. The van der Waals surface area contributed by atoms with Crippen molar-refractivity contribution in [2.45, 2.75) is 39.4 Å². The van der Waals surface area contributed by atoms with Gasteiger partial charge >= 0.3 is 0 Å². The summed E-state index contributed by atoms with van der Waals surface area (Å²) >= 11 is 0. The summed E-state index contributed by atoms with van der Waals surface area (Å²) in [7, 11) is 0. The van der Waals surface area contributed by atoms with Gasteiger partial charge in [-0.3, -0.25) is 19.2 Å². The molecular weight excluding hydrogens is 364 g/mol. The van der Waals surface area contributed by atoms with Crippen LogP contribution >= 0.6 is 0 Å². The average Bonchev–Trinajstić information content (AvgIpc) is 3.08. The second-order valence-corrected chi connectivity index (χ2v) is 7.70. The van der Waals surface area contributed by atoms with Crippen molar-refractivity contribution >= 4 is 17.5 Å². The largest absolute Gasteiger partial charge is 0.350 e. The van der Waals surface area contributed by atoms with Crippen LogP contribution in [0.15, 0.2) is 60.7 Å². The van der Waals surface area contributed by atoms with Gasteiger partial charge in [0.25, 0.3) is 5.91 Å². The van der Waals surface area contributed by atoms with Crippen LogP contribution in [0.1, 0.15) is 34.2 Å². The Balaban J connectivity index is 1.74. The number of anilines is 1. The van der Waals surface area contributed by atoms with E-state index in [1.165, 1.54) is 0 Å². The third kappa shape index (κ3) is 3.31. The Hall–Kier alpha value is -3.41. The molecule has 0 spiro atoms. The molecule has 2 heterocycles. The number of aryl methyl sites for hydroxylation is 2. The molecule has 6 nitrogen and oxygen atoms in total. The summed E-state index contributed by atoms with van der Waals surface area (Å²) in [6, 6.07) is 19.1. The van der Waals surface area contributed by atoms with Crippen LogP contribution in [0, 0.1) is 13.8 Å². The fraction of sp³-hybridized carbons (Fsp3) is 0.261. The predicted octanol–water partition coefficient (Wildman–Crippen LogP) is 3.24. The van der Waals surface area contributed by atoms with Gasteiger partial charge in [0.15, 0.2) is 0 Å². The van der Waals surface area contributed by atoms with E-state index in [-0.39, 0.29) is 18.4 Å². The highest BCUT2D eigenvalue weighted by Crippen LogP contribution is 2.34. The van der Waals surface area contributed by atoms with Crippen LogP contribution in [-0.2, 0) is 17.9 Å². The molecule has 0 saturated carbocycles. The van der Waals surface area contributed by atoms with Gasteiger partial charge in [0.1, 0.15) is 11.2 Å². The number of fused-ring (bicyclic) bond motifs is 1. The fourth-order valence-electron chi connectivity index (χ4n) is 3.87. The molecule has 3 aromatic rings. The van der Waals surface area contributed by atoms with Gasteiger partial charge in [-0.15, -0.1) is 0 Å². The van der Waals surface area contributed by atoms with Crippen molar-refractivity contribution < 1.29 is 9.59 Å². The van der Waals surface area contributed by atoms with Crippen LogP contribution in [-0.4, -0.2) is 27.1 Å². The molecule has 0 radical (unpaired) electrons. The number of nitrogens with zero attached hydrogens (tertiary/aromatic N) is 3. The molecule has 0 saturated heterocycles. The van der Waals surface area contributed by atoms with E-state index in [9.17, 15) is 9.59 Å². The zero-order chi connectivity index (χ0) is 20.6. The van der Waals surface area contributed by atoms with Crippen molar-refractivity contribution in [3.63, 3.8) is 0 Å². The van der Waals surface area contributed by atoms with E-state index in [0.29, 0.717) is 12.2 Å². The maximum Gasteiger partial charge on any atom is 0.277 e. The quantitative estimate of drug-likeness (QED) is 0.746. The number of hydrogen-bond donors (Lipinski definition) is 1. The maximum absolute atomic E-state index is 13.5. The van der Waals surface area contributed by atoms with Crippen molar-refractivity contribution in [3.8, 4) is 0 Å². The summed E-state index contributed by atoms with van der Waals surface area (Å²) in [5.74, 6) is -0.430. The number of rotatable bonds is 4. The van der Waals surface area contributed by atoms with Gasteiger partial charge in [-0.2, -0.15) is 5.10 Å². The topological polar surface area (TPSA) is 67.2 Å². The van der Waals surface area contributed by atoms with Crippen molar-refractivity contribution in [2.75, 3.05) is 4.90 Å². The first-order valence-electron chi connectivity index (χ1n) is 9.67. The molecule has 0 aliphatic carbocycles. The zero-order valence-electron chi connectivity index (χ0n) is 16.8. The van der Waals surface area contributed by atoms with E-state index in [1.807, 2.05) is 68.4 Å². The number of aromatic nitrogens is 2. The Morgan fingerprint density at radius 2 is 1.79 bits per heavy atom. The van der Waals surface area contributed by atoms with E-state index in [1.54, 1.807) is 22.6 Å². The first-order valence-corrected chi connectivity index (χ1v) is 9.67. The number of carbonyl (C=O) groups excluding carboxylic acids is 2. The smallest absolute Gasteiger partial charge is 0.277 e. The molecule has 2 amide bonds. The number of para-hydroxylation sites is 1. The Morgan fingerprint density at radius 1 is 1.10 bits per heavy atom. The molecule has 1 aliphatic rings. The van der Waals surface area contributed by atoms with Gasteiger partial charge in [-0.25, -0.2) is 0 Å². The predicted molar refractivity (Wildman–Crippen MR) is 112 cm³/mol. The number of benzene rings is 2. The van der Waals surface area contributed by atoms with Crippen LogP contribution in [0.5, 0.6) is 0 Å². The molecule has 0 bridgehead atoms. The van der Waals surface area contributed by atoms with E-state index >= 15 is 0 Å². The highest BCUT2D eigenvalue weighted by atomic mass is 16.2. The lowest BCUT2D eigenvalue weighted by molar-refractivity contribution is -0.126. The van der Waals surface area contributed by atoms with Crippen LogP contribution < -0.4 is 10.2 Å². The van der Waals surface area contributed by atoms with Crippen LogP contribution in [0.4, 0.5) is 5.69 Å². The standard InChI is InChI=1S/C23H24N4O2/c1-16-9-7-8-12-19(16)27-21(28)20-13-17(2)25-26(20)15-23(27,3)22(29)24-14-18-10-5-4-6-11-18/h4-13H,14-15H2,1-3H3,(H,24,29)/t23-/m0/s1. The van der Waals surface area contributed by atoms with E-state index in [4.69, 9.17) is 0 Å². The minimum atomic E-state index is -1.11. The normalized spacial score (nSPS) is 18.4. The molecule has 1 atom stereocenters. The minimum Gasteiger partial charge on any atom is -0.350 e. The van der Waals surface area contributed by atoms with E-state index < -0.39 is 5.54 Å². The Morgan fingerprint density at radius 3 is 2.52 bits per heavy atom. The van der Waals surface area contributed by atoms with Gasteiger partial charge in [-0.05, 0) is 44.0 Å². The summed E-state index contributed by atoms with van der Waals surface area (Å²) in [5, 5.41) is 7.45. The van der Waals surface area contributed by atoms with Crippen molar-refractivity contribution in [1.82, 2.24) is 15.1 Å². The fourth-order valence-corrected chi connectivity index (χ4v) is 3.87. The van der Waals surface area contributed by atoms with Gasteiger partial charge in [0, 0.05) is 12.2 Å². The molecule has 6 heteroatoms. The molecule has 4 rings (SSSR count). The molecule has 1 aliphatic heterocycles. The molecule has 148 valence electrons. The second-order valence-electron chi connectivity index (χ2n) is 7.70. The first kappa shape index (κ1) is 18.9. The number of carbonyl (C=O) groups is 2. The number of hydrogen-bond acceptors (Lipinski definition) is 3. The van der Waals surface area contributed by atoms with Crippen molar-refractivity contribution in [1.29, 1.82) is 0 Å². The third-order valence-corrected chi connectivity index (χ3v) is 5.42. The van der Waals surface area contributed by atoms with Gasteiger partial charge < -0.3 is 5.32 Å². The molecule has 1 aromatic heterocycles. The lowest BCUT2D eigenvalue weighted by atomic mass is 9.93. The Bertz CT molecular complexity index is 1070. The summed E-state index contributed by atoms with van der Waals surface area (Å²) in [6.07, 6.45) is 0. The maximum atomic E-state index is 13.5. The average molecular weight is 388 g/mol. The molecule has 2 aromatic carbocycles. The lowest BCUT2D eigenvalue weighted by Crippen LogP contribution is -2.64. The second kappa shape index (κ2) is 7.20. The molecule has 29 heavy (non-hydrogen) atoms. The highest BCUT2D eigenvalue weighted by molar-refractivity contribution is 6.12. The highest BCUT2D eigenvalue weighted by Gasteiger charge is 2.49. The van der Waals surface area contributed by atoms with Crippen molar-refractivity contribution in [3.05, 3.63) is 83.2 Å². The molecule has 0 fully saturated rings. The van der Waals surface area contributed by atoms with E-state index in [0.717, 1.165) is 22.5 Å². The van der Waals surface area contributed by atoms with Gasteiger partial charge in [0.2, 0.25) is 5.91 Å². The summed E-state index contributed by atoms with van der Waals surface area (Å²) in [6.45, 7) is 6.29. The monoisotopic (exact) mass is 388 g/mol. The summed E-state index contributed by atoms with van der Waals surface area (Å²) in [5.41, 5.74) is 2.83. The lowest BCUT2D eigenvalue weighted by Gasteiger charge is -2.43. The Labute approximate surface area is 170 Å². The summed E-state index contributed by atoms with van der Waals surface area (Å²) < 4.78 is 1.65. The third-order valence-electron chi connectivity index (χ3n) is 5.42.